The summed E-state index contributed by atoms with van der Waals surface area (Å²) in [4.78, 5) is 31.1. The molecule has 4 atom stereocenters. The molecule has 2 aliphatic heterocycles. The third-order valence-corrected chi connectivity index (χ3v) is 7.75. The van der Waals surface area contributed by atoms with Crippen molar-refractivity contribution in [2.24, 2.45) is 22.9 Å². The number of nitrogens with zero attached hydrogens (tertiary/aromatic N) is 5. The van der Waals surface area contributed by atoms with Crippen molar-refractivity contribution < 1.29 is 9.90 Å². The summed E-state index contributed by atoms with van der Waals surface area (Å²) >= 11 is 0. The molecule has 3 aromatic carbocycles. The Labute approximate surface area is 261 Å². The molecule has 14 heteroatoms. The molecule has 0 radical (unpaired) electrons. The molecule has 3 heterocycles. The molecule has 6 rings (SSSR count). The highest BCUT2D eigenvalue weighted by Gasteiger charge is 2.29. The zero-order valence-corrected chi connectivity index (χ0v) is 25.0. The van der Waals surface area contributed by atoms with E-state index in [1.807, 2.05) is 34.1 Å². The van der Waals surface area contributed by atoms with Crippen LogP contribution in [-0.4, -0.2) is 76.3 Å². The number of aromatic nitrogens is 3. The standard InChI is InChI=1S/C30H37N11O2.ClH/c31-18-11-19(32)14-40(13-18)29-37-28(38-30(39-29)41-15-20(33)12-21(34)16-41)36-23-8-6-22(7-9-23)35-27(43)25-10-5-17-3-1-2-4-24(17)26(25)42;/h1-10,18-21,42H,11-16,31-34H2,(H,35,43)(H,36,37,38,39);1H/t18-,19+,20-,21+;. The number of anilines is 5. The minimum absolute atomic E-state index is 0. The van der Waals surface area contributed by atoms with E-state index in [-0.39, 0.29) is 47.9 Å². The smallest absolute Gasteiger partial charge is 0.259 e. The lowest BCUT2D eigenvalue weighted by Gasteiger charge is -2.37. The number of nitrogens with two attached hydrogens (primary N) is 4. The Hall–Kier alpha value is -4.27. The van der Waals surface area contributed by atoms with Gasteiger partial charge in [0.2, 0.25) is 17.8 Å². The maximum atomic E-state index is 13.0. The number of nitrogens with one attached hydrogen (secondary N) is 2. The largest absolute Gasteiger partial charge is 0.506 e. The summed E-state index contributed by atoms with van der Waals surface area (Å²) in [6, 6.07) is 17.6. The molecule has 1 aromatic heterocycles. The van der Waals surface area contributed by atoms with E-state index in [4.69, 9.17) is 37.9 Å². The number of piperidine rings is 2. The molecule has 0 spiro atoms. The van der Waals surface area contributed by atoms with Crippen molar-refractivity contribution in [1.82, 2.24) is 15.0 Å². The van der Waals surface area contributed by atoms with Crippen molar-refractivity contribution in [1.29, 1.82) is 0 Å². The van der Waals surface area contributed by atoms with Crippen LogP contribution in [0.5, 0.6) is 5.75 Å². The maximum absolute atomic E-state index is 13.0. The van der Waals surface area contributed by atoms with Crippen LogP contribution < -0.4 is 43.4 Å². The van der Waals surface area contributed by atoms with Crippen LogP contribution in [0.2, 0.25) is 0 Å². The third-order valence-electron chi connectivity index (χ3n) is 7.75. The highest BCUT2D eigenvalue weighted by atomic mass is 35.5. The van der Waals surface area contributed by atoms with E-state index in [0.29, 0.717) is 60.8 Å². The van der Waals surface area contributed by atoms with Crippen LogP contribution >= 0.6 is 12.4 Å². The summed E-state index contributed by atoms with van der Waals surface area (Å²) in [7, 11) is 0. The van der Waals surface area contributed by atoms with Crippen molar-refractivity contribution in [2.75, 3.05) is 46.6 Å². The van der Waals surface area contributed by atoms with E-state index < -0.39 is 5.91 Å². The Bertz CT molecular complexity index is 1560. The Kier molecular flexibility index (Phi) is 9.32. The molecule has 1 amide bonds. The molecule has 0 unspecified atom stereocenters. The molecule has 11 N–H and O–H groups in total. The monoisotopic (exact) mass is 619 g/mol. The van der Waals surface area contributed by atoms with Crippen LogP contribution in [0.1, 0.15) is 23.2 Å². The van der Waals surface area contributed by atoms with Gasteiger partial charge >= 0.3 is 0 Å². The Morgan fingerprint density at radius 2 is 1.25 bits per heavy atom. The number of amides is 1. The van der Waals surface area contributed by atoms with E-state index in [1.165, 1.54) is 0 Å². The van der Waals surface area contributed by atoms with Gasteiger partial charge in [-0.3, -0.25) is 4.79 Å². The molecule has 13 nitrogen and oxygen atoms in total. The second kappa shape index (κ2) is 13.2. The number of fused-ring (bicyclic) bond motifs is 1. The number of carbonyl (C=O) groups excluding carboxylic acids is 1. The summed E-state index contributed by atoms with van der Waals surface area (Å²) < 4.78 is 0. The van der Waals surface area contributed by atoms with Crippen molar-refractivity contribution in [3.05, 3.63) is 66.2 Å². The minimum atomic E-state index is -0.411. The lowest BCUT2D eigenvalue weighted by Crippen LogP contribution is -2.54. The van der Waals surface area contributed by atoms with Crippen molar-refractivity contribution in [3.63, 3.8) is 0 Å². The molecule has 44 heavy (non-hydrogen) atoms. The number of aromatic hydroxyl groups is 1. The Balaban J connectivity index is 0.00000384. The molecular weight excluding hydrogens is 582 g/mol. The topological polar surface area (TPSA) is 211 Å². The lowest BCUT2D eigenvalue weighted by atomic mass is 10.0. The van der Waals surface area contributed by atoms with E-state index >= 15 is 0 Å². The molecule has 4 aromatic rings. The normalized spacial score (nSPS) is 21.9. The van der Waals surface area contributed by atoms with E-state index in [2.05, 4.69) is 10.6 Å². The fourth-order valence-electron chi connectivity index (χ4n) is 5.78. The van der Waals surface area contributed by atoms with E-state index in [0.717, 1.165) is 18.2 Å². The summed E-state index contributed by atoms with van der Waals surface area (Å²) in [5.74, 6) is 0.835. The second-order valence-electron chi connectivity index (χ2n) is 11.4. The third kappa shape index (κ3) is 6.93. The second-order valence-corrected chi connectivity index (χ2v) is 11.4. The predicted molar refractivity (Wildman–Crippen MR) is 176 cm³/mol. The van der Waals surface area contributed by atoms with Crippen LogP contribution in [0.4, 0.5) is 29.2 Å². The first-order valence-electron chi connectivity index (χ1n) is 14.4. The van der Waals surface area contributed by atoms with Gasteiger partial charge in [0, 0.05) is 67.1 Å². The number of phenols is 1. The number of phenolic OH excluding ortho intramolecular Hbond substituents is 1. The minimum Gasteiger partial charge on any atom is -0.506 e. The highest BCUT2D eigenvalue weighted by Crippen LogP contribution is 2.30. The fraction of sp³-hybridized carbons (Fsp3) is 0.333. The van der Waals surface area contributed by atoms with Gasteiger partial charge in [0.25, 0.3) is 5.91 Å². The highest BCUT2D eigenvalue weighted by molar-refractivity contribution is 6.09. The Morgan fingerprint density at radius 1 is 0.727 bits per heavy atom. The SMILES string of the molecule is Cl.N[C@@H]1C[C@H](N)CN(c2nc(Nc3ccc(NC(=O)c4ccc5ccccc5c4O)cc3)nc(N3C[C@H](N)C[C@H](N)C3)n2)C1. The van der Waals surface area contributed by atoms with Gasteiger partial charge in [-0.2, -0.15) is 15.0 Å². The van der Waals surface area contributed by atoms with Gasteiger partial charge in [-0.15, -0.1) is 12.4 Å². The van der Waals surface area contributed by atoms with E-state index in [9.17, 15) is 9.90 Å². The first-order chi connectivity index (χ1) is 20.7. The Morgan fingerprint density at radius 3 is 1.82 bits per heavy atom. The van der Waals surface area contributed by atoms with Crippen molar-refractivity contribution >= 4 is 58.3 Å². The number of rotatable bonds is 6. The molecular formula is C30H38ClN11O2. The van der Waals surface area contributed by atoms with E-state index in [1.54, 1.807) is 36.4 Å². The zero-order chi connectivity index (χ0) is 30.1. The van der Waals surface area contributed by atoms with Crippen molar-refractivity contribution in [2.45, 2.75) is 37.0 Å². The van der Waals surface area contributed by atoms with Gasteiger partial charge in [0.05, 0.1) is 5.56 Å². The number of carbonyl (C=O) groups is 1. The quantitative estimate of drug-likeness (QED) is 0.165. The molecule has 0 saturated carbocycles. The van der Waals surface area contributed by atoms with Crippen LogP contribution in [0, 0.1) is 0 Å². The lowest BCUT2D eigenvalue weighted by molar-refractivity contribution is 0.102. The fourth-order valence-corrected chi connectivity index (χ4v) is 5.78. The summed E-state index contributed by atoms with van der Waals surface area (Å²) in [5, 5.41) is 18.2. The summed E-state index contributed by atoms with van der Waals surface area (Å²) in [6.07, 6.45) is 1.47. The van der Waals surface area contributed by atoms with Gasteiger partial charge in [-0.25, -0.2) is 0 Å². The number of hydrogen-bond acceptors (Lipinski definition) is 12. The summed E-state index contributed by atoms with van der Waals surface area (Å²) in [6.45, 7) is 2.32. The molecule has 0 bridgehead atoms. The average Bonchev–Trinajstić information content (AvgIpc) is 2.97. The molecule has 2 fully saturated rings. The van der Waals surface area contributed by atoms with Crippen LogP contribution in [-0.2, 0) is 0 Å². The van der Waals surface area contributed by atoms with Gasteiger partial charge in [0.15, 0.2) is 0 Å². The molecule has 2 aliphatic rings. The predicted octanol–water partition coefficient (Wildman–Crippen LogP) is 1.88. The summed E-state index contributed by atoms with van der Waals surface area (Å²) in [5.41, 5.74) is 26.5. The van der Waals surface area contributed by atoms with Gasteiger partial charge < -0.3 is 48.5 Å². The average molecular weight is 620 g/mol. The van der Waals surface area contributed by atoms with Gasteiger partial charge in [-0.05, 0) is 48.6 Å². The number of hydrogen-bond donors (Lipinski definition) is 7. The van der Waals surface area contributed by atoms with Crippen LogP contribution in [0.15, 0.2) is 60.7 Å². The van der Waals surface area contributed by atoms with Gasteiger partial charge in [0.1, 0.15) is 5.75 Å². The number of benzene rings is 3. The van der Waals surface area contributed by atoms with Crippen molar-refractivity contribution in [3.8, 4) is 5.75 Å². The molecule has 0 aliphatic carbocycles. The first-order valence-corrected chi connectivity index (χ1v) is 14.4. The zero-order valence-electron chi connectivity index (χ0n) is 24.1. The van der Waals surface area contributed by atoms with Crippen LogP contribution in [0.25, 0.3) is 10.8 Å². The van der Waals surface area contributed by atoms with Crippen LogP contribution in [0.3, 0.4) is 0 Å². The molecule has 232 valence electrons. The van der Waals surface area contributed by atoms with Gasteiger partial charge in [-0.1, -0.05) is 30.3 Å². The molecule has 2 saturated heterocycles. The maximum Gasteiger partial charge on any atom is 0.259 e. The first kappa shape index (κ1) is 31.2. The number of halogens is 1.